The molecule has 0 aliphatic rings. The molecule has 0 unspecified atom stereocenters. The normalized spacial score (nSPS) is 10.8. The first kappa shape index (κ1) is 9.77. The van der Waals surface area contributed by atoms with Crippen LogP contribution in [0.4, 0.5) is 0 Å². The molecule has 3 nitrogen and oxygen atoms in total. The van der Waals surface area contributed by atoms with Gasteiger partial charge in [-0.15, -0.1) is 5.10 Å². The number of hydrogen-bond donors (Lipinski definition) is 0. The molecule has 3 rings (SSSR count). The number of pyridine rings is 1. The molecule has 0 saturated carbocycles. The third-order valence-electron chi connectivity index (χ3n) is 2.42. The molecule has 0 bridgehead atoms. The van der Waals surface area contributed by atoms with Gasteiger partial charge in [0, 0.05) is 34.4 Å². The summed E-state index contributed by atoms with van der Waals surface area (Å²) in [6.45, 7) is 0. The second kappa shape index (κ2) is 3.86. The molecule has 2 aromatic heterocycles. The minimum Gasteiger partial charge on any atom is -0.219 e. The smallest absolute Gasteiger partial charge is 0.212 e. The van der Waals surface area contributed by atoms with Crippen LogP contribution in [-0.4, -0.2) is 14.6 Å². The molecule has 0 spiro atoms. The molecule has 0 radical (unpaired) electrons. The van der Waals surface area contributed by atoms with Crippen LogP contribution < -0.4 is 0 Å². The van der Waals surface area contributed by atoms with Crippen molar-refractivity contribution in [3.05, 3.63) is 52.5 Å². The first-order valence-electron chi connectivity index (χ1n) is 4.91. The van der Waals surface area contributed by atoms with Crippen LogP contribution in [0.25, 0.3) is 16.8 Å². The summed E-state index contributed by atoms with van der Waals surface area (Å²) in [4.78, 5) is 4.43. The van der Waals surface area contributed by atoms with E-state index < -0.39 is 0 Å². The van der Waals surface area contributed by atoms with Gasteiger partial charge in [-0.25, -0.2) is 9.50 Å². The van der Waals surface area contributed by atoms with Gasteiger partial charge in [-0.3, -0.25) is 0 Å². The van der Waals surface area contributed by atoms with E-state index in [4.69, 9.17) is 0 Å². The van der Waals surface area contributed by atoms with Crippen LogP contribution in [0, 0.1) is 3.83 Å². The summed E-state index contributed by atoms with van der Waals surface area (Å²) in [5.74, 6) is 0. The SMILES string of the molecule is Ic1nc2c(-c3ccccc3)cccn2n1. The molecule has 0 aliphatic carbocycles. The van der Waals surface area contributed by atoms with Gasteiger partial charge < -0.3 is 0 Å². The molecule has 2 heterocycles. The zero-order valence-electron chi connectivity index (χ0n) is 8.34. The Balaban J connectivity index is 2.31. The van der Waals surface area contributed by atoms with Crippen LogP contribution in [0.1, 0.15) is 0 Å². The van der Waals surface area contributed by atoms with Crippen molar-refractivity contribution < 1.29 is 0 Å². The lowest BCUT2D eigenvalue weighted by atomic mass is 10.1. The van der Waals surface area contributed by atoms with E-state index in [1.54, 1.807) is 0 Å². The molecule has 4 heteroatoms. The van der Waals surface area contributed by atoms with Crippen molar-refractivity contribution in [1.82, 2.24) is 14.6 Å². The topological polar surface area (TPSA) is 30.2 Å². The molecule has 0 amide bonds. The Kier molecular flexibility index (Phi) is 2.36. The van der Waals surface area contributed by atoms with Gasteiger partial charge in [0.05, 0.1) is 0 Å². The molecule has 16 heavy (non-hydrogen) atoms. The first-order valence-corrected chi connectivity index (χ1v) is 5.99. The average molecular weight is 321 g/mol. The average Bonchev–Trinajstić information content (AvgIpc) is 2.70. The minimum atomic E-state index is 0.765. The highest BCUT2D eigenvalue weighted by atomic mass is 127. The van der Waals surface area contributed by atoms with E-state index in [0.717, 1.165) is 20.6 Å². The largest absolute Gasteiger partial charge is 0.219 e. The number of hydrogen-bond acceptors (Lipinski definition) is 2. The van der Waals surface area contributed by atoms with E-state index in [9.17, 15) is 0 Å². The highest BCUT2D eigenvalue weighted by Gasteiger charge is 2.06. The maximum Gasteiger partial charge on any atom is 0.212 e. The molecule has 0 atom stereocenters. The van der Waals surface area contributed by atoms with Crippen LogP contribution in [0.15, 0.2) is 48.7 Å². The summed E-state index contributed by atoms with van der Waals surface area (Å²) in [6.07, 6.45) is 1.91. The van der Waals surface area contributed by atoms with Crippen LogP contribution >= 0.6 is 22.6 Å². The van der Waals surface area contributed by atoms with Gasteiger partial charge in [-0.2, -0.15) is 0 Å². The van der Waals surface area contributed by atoms with E-state index in [1.165, 1.54) is 0 Å². The van der Waals surface area contributed by atoms with Crippen molar-refractivity contribution in [2.45, 2.75) is 0 Å². The summed E-state index contributed by atoms with van der Waals surface area (Å²) in [5.41, 5.74) is 3.17. The van der Waals surface area contributed by atoms with Crippen molar-refractivity contribution in [3.8, 4) is 11.1 Å². The predicted octanol–water partition coefficient (Wildman–Crippen LogP) is 3.00. The number of nitrogens with zero attached hydrogens (tertiary/aromatic N) is 3. The predicted molar refractivity (Wildman–Crippen MR) is 71.1 cm³/mol. The molecular formula is C12H8IN3. The van der Waals surface area contributed by atoms with Crippen molar-refractivity contribution >= 4 is 28.2 Å². The fourth-order valence-corrected chi connectivity index (χ4v) is 2.18. The van der Waals surface area contributed by atoms with Crippen LogP contribution in [0.5, 0.6) is 0 Å². The fourth-order valence-electron chi connectivity index (χ4n) is 1.72. The van der Waals surface area contributed by atoms with Gasteiger partial charge in [-0.1, -0.05) is 30.3 Å². The highest BCUT2D eigenvalue weighted by molar-refractivity contribution is 14.1. The molecule has 0 N–H and O–H groups in total. The minimum absolute atomic E-state index is 0.765. The lowest BCUT2D eigenvalue weighted by molar-refractivity contribution is 0.944. The van der Waals surface area contributed by atoms with E-state index in [1.807, 2.05) is 35.0 Å². The lowest BCUT2D eigenvalue weighted by Gasteiger charge is -2.01. The Bertz CT molecular complexity index is 631. The summed E-state index contributed by atoms with van der Waals surface area (Å²) in [6, 6.07) is 14.3. The van der Waals surface area contributed by atoms with Crippen LogP contribution in [0.3, 0.4) is 0 Å². The Morgan fingerprint density at radius 2 is 1.81 bits per heavy atom. The van der Waals surface area contributed by atoms with Crippen molar-refractivity contribution in [2.24, 2.45) is 0 Å². The van der Waals surface area contributed by atoms with Gasteiger partial charge in [0.1, 0.15) is 0 Å². The second-order valence-electron chi connectivity index (χ2n) is 3.44. The zero-order chi connectivity index (χ0) is 11.0. The van der Waals surface area contributed by atoms with Crippen molar-refractivity contribution in [1.29, 1.82) is 0 Å². The van der Waals surface area contributed by atoms with Crippen LogP contribution in [-0.2, 0) is 0 Å². The monoisotopic (exact) mass is 321 g/mol. The van der Waals surface area contributed by atoms with Gasteiger partial charge >= 0.3 is 0 Å². The van der Waals surface area contributed by atoms with Crippen LogP contribution in [0.2, 0.25) is 0 Å². The number of aromatic nitrogens is 3. The summed E-state index contributed by atoms with van der Waals surface area (Å²) in [5, 5.41) is 4.29. The Morgan fingerprint density at radius 3 is 2.62 bits per heavy atom. The summed E-state index contributed by atoms with van der Waals surface area (Å²) in [7, 11) is 0. The molecule has 78 valence electrons. The van der Waals surface area contributed by atoms with Gasteiger partial charge in [0.25, 0.3) is 0 Å². The maximum atomic E-state index is 4.43. The summed E-state index contributed by atoms with van der Waals surface area (Å²) >= 11 is 2.13. The Labute approximate surface area is 106 Å². The summed E-state index contributed by atoms with van der Waals surface area (Å²) < 4.78 is 2.57. The maximum absolute atomic E-state index is 4.43. The first-order chi connectivity index (χ1) is 7.84. The van der Waals surface area contributed by atoms with Gasteiger partial charge in [0.2, 0.25) is 3.83 Å². The lowest BCUT2D eigenvalue weighted by Crippen LogP contribution is -1.89. The van der Waals surface area contributed by atoms with E-state index in [2.05, 4.69) is 50.9 Å². The second-order valence-corrected chi connectivity index (χ2v) is 4.40. The molecule has 3 aromatic rings. The van der Waals surface area contributed by atoms with E-state index >= 15 is 0 Å². The van der Waals surface area contributed by atoms with Gasteiger partial charge in [-0.05, 0) is 17.7 Å². The standard InChI is InChI=1S/C12H8IN3/c13-12-14-11-10(7-4-8-16(11)15-12)9-5-2-1-3-6-9/h1-8H. The van der Waals surface area contributed by atoms with E-state index in [-0.39, 0.29) is 0 Å². The molecule has 1 aromatic carbocycles. The molecule has 0 saturated heterocycles. The van der Waals surface area contributed by atoms with E-state index in [0.29, 0.717) is 0 Å². The highest BCUT2D eigenvalue weighted by Crippen LogP contribution is 2.22. The number of halogens is 1. The molecule has 0 aliphatic heterocycles. The van der Waals surface area contributed by atoms with Crippen molar-refractivity contribution in [2.75, 3.05) is 0 Å². The number of fused-ring (bicyclic) bond motifs is 1. The Morgan fingerprint density at radius 1 is 1.00 bits per heavy atom. The third-order valence-corrected chi connectivity index (χ3v) is 2.88. The number of benzene rings is 1. The zero-order valence-corrected chi connectivity index (χ0v) is 10.5. The van der Waals surface area contributed by atoms with Crippen molar-refractivity contribution in [3.63, 3.8) is 0 Å². The fraction of sp³-hybridized carbons (Fsp3) is 0. The third kappa shape index (κ3) is 1.59. The Hall–Kier alpha value is -1.43. The molecule has 0 fully saturated rings. The van der Waals surface area contributed by atoms with Gasteiger partial charge in [0.15, 0.2) is 5.65 Å². The number of rotatable bonds is 1. The molecular weight excluding hydrogens is 313 g/mol. The quantitative estimate of drug-likeness (QED) is 0.645.